The highest BCUT2D eigenvalue weighted by Gasteiger charge is 2.21. The summed E-state index contributed by atoms with van der Waals surface area (Å²) < 4.78 is 29.6. The third-order valence-corrected chi connectivity index (χ3v) is 5.48. The lowest BCUT2D eigenvalue weighted by Crippen LogP contribution is -2.40. The molecule has 0 aromatic heterocycles. The Kier molecular flexibility index (Phi) is 5.43. The molecule has 1 fully saturated rings. The number of methoxy groups -OCH3 is 1. The molecule has 2 rings (SSSR count). The number of benzene rings is 1. The minimum atomic E-state index is -3.02. The summed E-state index contributed by atoms with van der Waals surface area (Å²) in [5.41, 5.74) is 0.954. The Balaban J connectivity index is 1.91. The van der Waals surface area contributed by atoms with Gasteiger partial charge in [0.1, 0.15) is 5.75 Å². The van der Waals surface area contributed by atoms with Crippen LogP contribution in [0.2, 0.25) is 0 Å². The van der Waals surface area contributed by atoms with E-state index in [9.17, 15) is 8.42 Å². The summed E-state index contributed by atoms with van der Waals surface area (Å²) in [5, 5.41) is 3.29. The fourth-order valence-corrected chi connectivity index (χ4v) is 4.23. The van der Waals surface area contributed by atoms with Crippen LogP contribution >= 0.6 is 0 Å². The number of hydrogen-bond acceptors (Lipinski definition) is 4. The van der Waals surface area contributed by atoms with Gasteiger partial charge in [0.25, 0.3) is 0 Å². The lowest BCUT2D eigenvalue weighted by Gasteiger charge is -2.23. The number of piperidine rings is 1. The molecule has 1 saturated heterocycles. The summed E-state index contributed by atoms with van der Waals surface area (Å²) in [6, 6.07) is 7.72. The van der Waals surface area contributed by atoms with Crippen molar-refractivity contribution in [3.63, 3.8) is 0 Å². The number of hydrogen-bond donors (Lipinski definition) is 1. The van der Waals surface area contributed by atoms with Gasteiger partial charge in [0, 0.05) is 6.04 Å². The maximum atomic E-state index is 12.2. The maximum absolute atomic E-state index is 12.2. The van der Waals surface area contributed by atoms with Crippen LogP contribution in [0.5, 0.6) is 5.75 Å². The van der Waals surface area contributed by atoms with E-state index in [-0.39, 0.29) is 17.5 Å². The molecule has 1 aliphatic heterocycles. The van der Waals surface area contributed by atoms with Crippen LogP contribution in [-0.2, 0) is 16.3 Å². The monoisotopic (exact) mass is 297 g/mol. The van der Waals surface area contributed by atoms with Gasteiger partial charge in [0.05, 0.1) is 18.6 Å². The van der Waals surface area contributed by atoms with Crippen LogP contribution in [0.1, 0.15) is 24.8 Å². The van der Waals surface area contributed by atoms with Crippen molar-refractivity contribution in [2.24, 2.45) is 0 Å². The molecule has 1 atom stereocenters. The number of sulfone groups is 1. The molecule has 0 amide bonds. The first-order valence-corrected chi connectivity index (χ1v) is 8.98. The van der Waals surface area contributed by atoms with E-state index in [1.165, 1.54) is 0 Å². The van der Waals surface area contributed by atoms with E-state index < -0.39 is 9.84 Å². The first-order valence-electron chi connectivity index (χ1n) is 7.16. The molecule has 112 valence electrons. The van der Waals surface area contributed by atoms with Crippen LogP contribution in [0.25, 0.3) is 0 Å². The van der Waals surface area contributed by atoms with Crippen LogP contribution in [0.15, 0.2) is 24.3 Å². The smallest absolute Gasteiger partial charge is 0.152 e. The Morgan fingerprint density at radius 2 is 2.10 bits per heavy atom. The second-order valence-electron chi connectivity index (χ2n) is 5.32. The molecular formula is C15H23NO3S. The number of ether oxygens (including phenoxy) is 1. The molecule has 0 radical (unpaired) electrons. The predicted molar refractivity (Wildman–Crippen MR) is 81.0 cm³/mol. The lowest BCUT2D eigenvalue weighted by atomic mass is 10.1. The number of para-hydroxylation sites is 1. The van der Waals surface area contributed by atoms with E-state index in [1.807, 2.05) is 24.3 Å². The molecule has 1 heterocycles. The fraction of sp³-hybridized carbons (Fsp3) is 0.600. The van der Waals surface area contributed by atoms with Gasteiger partial charge < -0.3 is 10.1 Å². The van der Waals surface area contributed by atoms with Gasteiger partial charge in [-0.05, 0) is 37.4 Å². The highest BCUT2D eigenvalue weighted by atomic mass is 32.2. The fourth-order valence-electron chi connectivity index (χ4n) is 2.63. The molecule has 5 heteroatoms. The van der Waals surface area contributed by atoms with E-state index in [0.717, 1.165) is 37.1 Å². The Labute approximate surface area is 121 Å². The number of aryl methyl sites for hydroxylation is 1. The summed E-state index contributed by atoms with van der Waals surface area (Å²) in [6.45, 7) is 0.937. The van der Waals surface area contributed by atoms with Crippen molar-refractivity contribution in [1.29, 1.82) is 0 Å². The van der Waals surface area contributed by atoms with E-state index in [4.69, 9.17) is 4.74 Å². The average Bonchev–Trinajstić information content (AvgIpc) is 2.46. The molecule has 0 bridgehead atoms. The molecule has 1 aromatic rings. The van der Waals surface area contributed by atoms with Crippen molar-refractivity contribution in [2.75, 3.05) is 25.2 Å². The highest BCUT2D eigenvalue weighted by molar-refractivity contribution is 7.91. The first kappa shape index (κ1) is 15.3. The lowest BCUT2D eigenvalue weighted by molar-refractivity contribution is 0.410. The molecule has 0 saturated carbocycles. The largest absolute Gasteiger partial charge is 0.496 e. The quantitative estimate of drug-likeness (QED) is 0.870. The van der Waals surface area contributed by atoms with Gasteiger partial charge in [-0.3, -0.25) is 0 Å². The van der Waals surface area contributed by atoms with Gasteiger partial charge in [0.2, 0.25) is 0 Å². The zero-order valence-electron chi connectivity index (χ0n) is 12.0. The summed E-state index contributed by atoms with van der Waals surface area (Å²) in [5.74, 6) is 1.20. The molecule has 0 spiro atoms. The van der Waals surface area contributed by atoms with Crippen LogP contribution in [0, 0.1) is 0 Å². The second kappa shape index (κ2) is 7.09. The van der Waals surface area contributed by atoms with Crippen molar-refractivity contribution in [3.05, 3.63) is 29.8 Å². The molecule has 1 aliphatic rings. The van der Waals surface area contributed by atoms with Gasteiger partial charge in [-0.25, -0.2) is 8.42 Å². The van der Waals surface area contributed by atoms with Gasteiger partial charge in [-0.1, -0.05) is 24.6 Å². The summed E-state index contributed by atoms with van der Waals surface area (Å²) in [4.78, 5) is 0. The third-order valence-electron chi connectivity index (χ3n) is 3.74. The summed E-state index contributed by atoms with van der Waals surface area (Å²) in [6.07, 6.45) is 3.75. The normalized spacial score (nSPS) is 19.8. The molecule has 1 unspecified atom stereocenters. The van der Waals surface area contributed by atoms with Gasteiger partial charge in [-0.2, -0.15) is 0 Å². The Morgan fingerprint density at radius 1 is 1.30 bits per heavy atom. The molecule has 20 heavy (non-hydrogen) atoms. The Morgan fingerprint density at radius 3 is 2.80 bits per heavy atom. The van der Waals surface area contributed by atoms with E-state index in [2.05, 4.69) is 5.32 Å². The van der Waals surface area contributed by atoms with Crippen molar-refractivity contribution >= 4 is 9.84 Å². The second-order valence-corrected chi connectivity index (χ2v) is 7.55. The number of rotatable bonds is 6. The van der Waals surface area contributed by atoms with Crippen LogP contribution in [0.3, 0.4) is 0 Å². The topological polar surface area (TPSA) is 55.4 Å². The standard InChI is InChI=1S/C15H23NO3S/c1-19-15-8-3-2-6-13(15)9-11-20(17,18)12-14-7-4-5-10-16-14/h2-3,6,8,14,16H,4-5,7,9-12H2,1H3. The summed E-state index contributed by atoms with van der Waals surface area (Å²) >= 11 is 0. The SMILES string of the molecule is COc1ccccc1CCS(=O)(=O)CC1CCCCN1. The highest BCUT2D eigenvalue weighted by Crippen LogP contribution is 2.19. The van der Waals surface area contributed by atoms with Gasteiger partial charge >= 0.3 is 0 Å². The maximum Gasteiger partial charge on any atom is 0.152 e. The van der Waals surface area contributed by atoms with Crippen molar-refractivity contribution in [2.45, 2.75) is 31.7 Å². The molecule has 4 nitrogen and oxygen atoms in total. The Bertz CT molecular complexity index is 522. The zero-order valence-corrected chi connectivity index (χ0v) is 12.8. The van der Waals surface area contributed by atoms with E-state index in [1.54, 1.807) is 7.11 Å². The van der Waals surface area contributed by atoms with E-state index >= 15 is 0 Å². The first-order chi connectivity index (χ1) is 9.61. The molecule has 1 aromatic carbocycles. The van der Waals surface area contributed by atoms with Gasteiger partial charge in [0.15, 0.2) is 9.84 Å². The van der Waals surface area contributed by atoms with Crippen molar-refractivity contribution < 1.29 is 13.2 Å². The Hall–Kier alpha value is -1.07. The van der Waals surface area contributed by atoms with Crippen molar-refractivity contribution in [3.8, 4) is 5.75 Å². The minimum absolute atomic E-state index is 0.131. The van der Waals surface area contributed by atoms with Crippen LogP contribution < -0.4 is 10.1 Å². The summed E-state index contributed by atoms with van der Waals surface area (Å²) in [7, 11) is -1.41. The van der Waals surface area contributed by atoms with E-state index in [0.29, 0.717) is 6.42 Å². The van der Waals surface area contributed by atoms with Crippen molar-refractivity contribution in [1.82, 2.24) is 5.32 Å². The van der Waals surface area contributed by atoms with Gasteiger partial charge in [-0.15, -0.1) is 0 Å². The van der Waals surface area contributed by atoms with Crippen LogP contribution in [-0.4, -0.2) is 39.6 Å². The van der Waals surface area contributed by atoms with Crippen LogP contribution in [0.4, 0.5) is 0 Å². The number of nitrogens with one attached hydrogen (secondary N) is 1. The average molecular weight is 297 g/mol. The molecule has 1 N–H and O–H groups in total. The molecule has 0 aliphatic carbocycles. The minimum Gasteiger partial charge on any atom is -0.496 e. The predicted octanol–water partition coefficient (Wildman–Crippen LogP) is 1.79. The molecular weight excluding hydrogens is 274 g/mol. The third kappa shape index (κ3) is 4.49. The zero-order chi connectivity index (χ0) is 14.4.